The fourth-order valence-electron chi connectivity index (χ4n) is 8.79. The molecule has 0 amide bonds. The van der Waals surface area contributed by atoms with Crippen LogP contribution in [0.4, 0.5) is 0 Å². The molecule has 11 nitrogen and oxygen atoms in total. The number of nitrogens with one attached hydrogen (secondary N) is 2. The molecule has 0 saturated carbocycles. The average Bonchev–Trinajstić information content (AvgIpc) is 4.11. The number of aromatic amines is 2. The van der Waals surface area contributed by atoms with Crippen LogP contribution in [-0.4, -0.2) is 100 Å². The minimum Gasteiger partial charge on any atom is -0.361 e. The summed E-state index contributed by atoms with van der Waals surface area (Å²) in [5, 5.41) is 2.45. The molecule has 9 rings (SSSR count). The average molecular weight is 1020 g/mol. The number of aryl methyl sites for hydroxylation is 3. The third kappa shape index (κ3) is 13.3. The minimum absolute atomic E-state index is 0. The Balaban J connectivity index is 0.000000176. The van der Waals surface area contributed by atoms with Gasteiger partial charge in [0.25, 0.3) is 10.1 Å². The molecule has 3 N–H and O–H groups in total. The van der Waals surface area contributed by atoms with Crippen LogP contribution in [-0.2, 0) is 55.5 Å². The van der Waals surface area contributed by atoms with E-state index in [4.69, 9.17) is 4.55 Å². The number of hydrogen-bond acceptors (Lipinski definition) is 8. The van der Waals surface area contributed by atoms with Crippen LogP contribution in [0.3, 0.4) is 0 Å². The van der Waals surface area contributed by atoms with Crippen molar-refractivity contribution in [1.82, 2.24) is 19.8 Å². The third-order valence-electron chi connectivity index (χ3n) is 12.8. The van der Waals surface area contributed by atoms with Crippen LogP contribution in [0.5, 0.6) is 0 Å². The Bertz CT molecular complexity index is 2850. The molecule has 0 spiro atoms. The molecule has 66 heavy (non-hydrogen) atoms. The fraction of sp³-hybridized carbons (Fsp3) is 0.333. The summed E-state index contributed by atoms with van der Waals surface area (Å²) in [4.78, 5) is 12.3. The van der Waals surface area contributed by atoms with Gasteiger partial charge in [-0.15, -0.1) is 17.0 Å². The standard InChI is InChI=1S/2C22H26N2O2S.C7H8O3S.BrH/c2*1-24-12-5-6-19(24)15-18-16-23-22-10-9-17(14-21(18)22)11-13-27(25,26)20-7-3-2-4-8-20;1-6-2-4-7(5-3-6)11(8,9)10;/h2*2-4,7-10,14,16,19,23H,5-6,11-13,15H2,1H3;2-5H,1H3,(H,8,9,10);1H/t2*19-;;/m11../s1. The molecule has 2 aliphatic rings. The van der Waals surface area contributed by atoms with Gasteiger partial charge in [-0.1, -0.05) is 66.2 Å². The lowest BCUT2D eigenvalue weighted by atomic mass is 10.0. The van der Waals surface area contributed by atoms with Crippen LogP contribution in [0, 0.1) is 6.92 Å². The summed E-state index contributed by atoms with van der Waals surface area (Å²) < 4.78 is 79.7. The van der Waals surface area contributed by atoms with E-state index in [0.29, 0.717) is 34.7 Å². The largest absolute Gasteiger partial charge is 0.361 e. The number of hydrogen-bond donors (Lipinski definition) is 3. The van der Waals surface area contributed by atoms with Crippen LogP contribution in [0.1, 0.15) is 53.5 Å². The molecular weight excluding hydrogens is 957 g/mol. The third-order valence-corrected chi connectivity index (χ3v) is 17.1. The van der Waals surface area contributed by atoms with Crippen molar-refractivity contribution in [3.05, 3.63) is 162 Å². The Hall–Kier alpha value is -4.61. The van der Waals surface area contributed by atoms with Crippen molar-refractivity contribution in [2.45, 2.75) is 85.1 Å². The number of benzene rings is 5. The van der Waals surface area contributed by atoms with Crippen molar-refractivity contribution >= 4 is 68.6 Å². The van der Waals surface area contributed by atoms with E-state index < -0.39 is 29.8 Å². The van der Waals surface area contributed by atoms with E-state index in [1.54, 1.807) is 60.7 Å². The van der Waals surface area contributed by atoms with Gasteiger partial charge in [0.2, 0.25) is 0 Å². The summed E-state index contributed by atoms with van der Waals surface area (Å²) in [6.45, 7) is 4.19. The van der Waals surface area contributed by atoms with Crippen LogP contribution in [0.25, 0.3) is 21.8 Å². The summed E-state index contributed by atoms with van der Waals surface area (Å²) in [6.07, 6.45) is 12.4. The lowest BCUT2D eigenvalue weighted by Crippen LogP contribution is -2.26. The molecule has 5 aromatic carbocycles. The molecule has 2 saturated heterocycles. The summed E-state index contributed by atoms with van der Waals surface area (Å²) in [6, 6.07) is 37.1. The van der Waals surface area contributed by atoms with Crippen molar-refractivity contribution in [3.8, 4) is 0 Å². The summed E-state index contributed by atoms with van der Waals surface area (Å²) >= 11 is 0. The van der Waals surface area contributed by atoms with E-state index in [1.165, 1.54) is 72.8 Å². The van der Waals surface area contributed by atoms with Crippen LogP contribution in [0.2, 0.25) is 0 Å². The molecule has 2 atom stereocenters. The number of H-pyrrole nitrogens is 2. The van der Waals surface area contributed by atoms with Crippen molar-refractivity contribution in [2.75, 3.05) is 38.7 Å². The number of fused-ring (bicyclic) bond motifs is 2. The van der Waals surface area contributed by atoms with Crippen molar-refractivity contribution in [2.24, 2.45) is 0 Å². The molecule has 0 bridgehead atoms. The van der Waals surface area contributed by atoms with Crippen LogP contribution in [0.15, 0.2) is 148 Å². The Morgan fingerprint density at radius 1 is 0.561 bits per heavy atom. The number of aromatic nitrogens is 2. The number of halogens is 1. The monoisotopic (exact) mass is 1020 g/mol. The minimum atomic E-state index is -4.02. The second-order valence-electron chi connectivity index (χ2n) is 17.4. The molecule has 2 aliphatic heterocycles. The zero-order valence-corrected chi connectivity index (χ0v) is 41.9. The van der Waals surface area contributed by atoms with E-state index in [1.807, 2.05) is 31.2 Å². The highest BCUT2D eigenvalue weighted by Gasteiger charge is 2.24. The number of rotatable bonds is 13. The van der Waals surface area contributed by atoms with E-state index in [2.05, 4.69) is 70.5 Å². The SMILES string of the molecule is Br.CN1CCC[C@@H]1Cc1c[nH]c2ccc(CCS(=O)(=O)c3ccccc3)cc12.CN1CCC[C@@H]1Cc1c[nH]c2ccc(CCS(=O)(=O)c3ccccc3)cc12.Cc1ccc(S(=O)(=O)O)cc1. The van der Waals surface area contributed by atoms with Gasteiger partial charge >= 0.3 is 0 Å². The number of likely N-dealkylation sites (tertiary alicyclic amines) is 2. The highest BCUT2D eigenvalue weighted by atomic mass is 79.9. The first-order valence-corrected chi connectivity index (χ1v) is 27.0. The second-order valence-corrected chi connectivity index (χ2v) is 23.0. The Labute approximate surface area is 401 Å². The molecule has 2 aromatic heterocycles. The van der Waals surface area contributed by atoms with Gasteiger partial charge in [-0.3, -0.25) is 4.55 Å². The predicted molar refractivity (Wildman–Crippen MR) is 271 cm³/mol. The van der Waals surface area contributed by atoms with Gasteiger partial charge < -0.3 is 19.8 Å². The lowest BCUT2D eigenvalue weighted by molar-refractivity contribution is 0.310. The molecule has 0 unspecified atom stereocenters. The van der Waals surface area contributed by atoms with Crippen LogP contribution >= 0.6 is 17.0 Å². The second kappa shape index (κ2) is 22.5. The molecule has 0 radical (unpaired) electrons. The predicted octanol–water partition coefficient (Wildman–Crippen LogP) is 9.46. The molecular formula is C51H61BrN4O7S3. The maximum absolute atomic E-state index is 12.5. The normalized spacial score (nSPS) is 16.9. The number of nitrogens with zero attached hydrogens (tertiary/aromatic N) is 2. The molecule has 15 heteroatoms. The van der Waals surface area contributed by atoms with Crippen molar-refractivity contribution in [1.29, 1.82) is 0 Å². The van der Waals surface area contributed by atoms with E-state index >= 15 is 0 Å². The van der Waals surface area contributed by atoms with Gasteiger partial charge in [0.05, 0.1) is 26.2 Å². The Kier molecular flexibility index (Phi) is 17.3. The Morgan fingerprint density at radius 3 is 1.33 bits per heavy atom. The highest BCUT2D eigenvalue weighted by Crippen LogP contribution is 2.28. The summed E-state index contributed by atoms with van der Waals surface area (Å²) in [7, 11) is -6.12. The molecule has 2 fully saturated rings. The lowest BCUT2D eigenvalue weighted by Gasteiger charge is -2.18. The smallest absolute Gasteiger partial charge is 0.294 e. The van der Waals surface area contributed by atoms with Gasteiger partial charge in [0.15, 0.2) is 19.7 Å². The quantitative estimate of drug-likeness (QED) is 0.0957. The van der Waals surface area contributed by atoms with Gasteiger partial charge in [-0.25, -0.2) is 16.8 Å². The van der Waals surface area contributed by atoms with Gasteiger partial charge in [0, 0.05) is 46.3 Å². The first kappa shape index (κ1) is 50.8. The van der Waals surface area contributed by atoms with Gasteiger partial charge in [-0.05, 0) is 168 Å². The first-order valence-electron chi connectivity index (χ1n) is 22.2. The summed E-state index contributed by atoms with van der Waals surface area (Å²) in [5.41, 5.74) is 8.01. The zero-order chi connectivity index (χ0) is 46.2. The van der Waals surface area contributed by atoms with E-state index in [9.17, 15) is 25.3 Å². The topological polar surface area (TPSA) is 161 Å². The molecule has 7 aromatic rings. The Morgan fingerprint density at radius 2 is 0.970 bits per heavy atom. The maximum Gasteiger partial charge on any atom is 0.294 e. The molecule has 4 heterocycles. The molecule has 0 aliphatic carbocycles. The number of sulfone groups is 2. The van der Waals surface area contributed by atoms with Gasteiger partial charge in [-0.2, -0.15) is 8.42 Å². The van der Waals surface area contributed by atoms with Gasteiger partial charge in [0.1, 0.15) is 0 Å². The first-order chi connectivity index (χ1) is 31.1. The highest BCUT2D eigenvalue weighted by molar-refractivity contribution is 8.93. The van der Waals surface area contributed by atoms with Crippen molar-refractivity contribution in [3.63, 3.8) is 0 Å². The zero-order valence-electron chi connectivity index (χ0n) is 37.8. The fourth-order valence-corrected chi connectivity index (χ4v) is 11.9. The van der Waals surface area contributed by atoms with Crippen LogP contribution < -0.4 is 0 Å². The van der Waals surface area contributed by atoms with Crippen molar-refractivity contribution < 1.29 is 29.8 Å². The molecule has 352 valence electrons. The number of likely N-dealkylation sites (N-methyl/N-ethyl adjacent to an activating group) is 2. The maximum atomic E-state index is 12.5. The summed E-state index contributed by atoms with van der Waals surface area (Å²) in [5.74, 6) is 0.265. The van der Waals surface area contributed by atoms with E-state index in [0.717, 1.165) is 40.6 Å². The van der Waals surface area contributed by atoms with E-state index in [-0.39, 0.29) is 33.4 Å².